The molecule has 1 aliphatic heterocycles. The second kappa shape index (κ2) is 7.46. The van der Waals surface area contributed by atoms with Crippen molar-refractivity contribution in [2.75, 3.05) is 11.4 Å². The van der Waals surface area contributed by atoms with Gasteiger partial charge in [0.25, 0.3) is 5.91 Å². The molecule has 130 valence electrons. The summed E-state index contributed by atoms with van der Waals surface area (Å²) in [5.74, 6) is -0.120. The van der Waals surface area contributed by atoms with Crippen LogP contribution in [-0.2, 0) is 4.79 Å². The van der Waals surface area contributed by atoms with Gasteiger partial charge in [0.15, 0.2) is 0 Å². The first-order valence-corrected chi connectivity index (χ1v) is 8.87. The highest BCUT2D eigenvalue weighted by Crippen LogP contribution is 2.27. The molecular formula is C19H18Cl2N2O2. The Hall–Kier alpha value is -2.04. The van der Waals surface area contributed by atoms with Gasteiger partial charge >= 0.3 is 0 Å². The van der Waals surface area contributed by atoms with Gasteiger partial charge in [0.05, 0.1) is 6.04 Å². The minimum Gasteiger partial charge on any atom is -0.345 e. The summed E-state index contributed by atoms with van der Waals surface area (Å²) in [6, 6.07) is 12.0. The van der Waals surface area contributed by atoms with Gasteiger partial charge in [0, 0.05) is 34.3 Å². The predicted octanol–water partition coefficient (Wildman–Crippen LogP) is 4.61. The third kappa shape index (κ3) is 3.97. The van der Waals surface area contributed by atoms with Crippen molar-refractivity contribution in [3.63, 3.8) is 0 Å². The van der Waals surface area contributed by atoms with E-state index >= 15 is 0 Å². The average molecular weight is 377 g/mol. The van der Waals surface area contributed by atoms with Crippen LogP contribution in [0.15, 0.2) is 42.5 Å². The fourth-order valence-electron chi connectivity index (χ4n) is 2.95. The number of carbonyl (C=O) groups excluding carboxylic acids is 2. The van der Waals surface area contributed by atoms with Crippen molar-refractivity contribution in [3.05, 3.63) is 63.6 Å². The number of hydrogen-bond donors (Lipinski definition) is 1. The lowest BCUT2D eigenvalue weighted by Gasteiger charge is -2.18. The van der Waals surface area contributed by atoms with E-state index in [0.717, 1.165) is 17.7 Å². The molecule has 0 saturated carbocycles. The molecule has 25 heavy (non-hydrogen) atoms. The van der Waals surface area contributed by atoms with Crippen LogP contribution in [0.1, 0.15) is 41.7 Å². The first-order chi connectivity index (χ1) is 12.0. The molecule has 6 heteroatoms. The van der Waals surface area contributed by atoms with Crippen molar-refractivity contribution >= 4 is 40.7 Å². The normalized spacial score (nSPS) is 15.3. The maximum Gasteiger partial charge on any atom is 0.251 e. The first kappa shape index (κ1) is 17.8. The molecular weight excluding hydrogens is 359 g/mol. The molecule has 1 saturated heterocycles. The summed E-state index contributed by atoms with van der Waals surface area (Å²) in [6.07, 6.45) is 1.41. The summed E-state index contributed by atoms with van der Waals surface area (Å²) in [4.78, 5) is 26.2. The minimum absolute atomic E-state index is 0.0962. The van der Waals surface area contributed by atoms with Gasteiger partial charge in [-0.2, -0.15) is 0 Å². The molecule has 3 rings (SSSR count). The number of amides is 2. The molecule has 1 heterocycles. The number of carbonyl (C=O) groups is 2. The Morgan fingerprint density at radius 2 is 2.00 bits per heavy atom. The van der Waals surface area contributed by atoms with E-state index in [2.05, 4.69) is 5.32 Å². The predicted molar refractivity (Wildman–Crippen MR) is 100 cm³/mol. The molecule has 1 atom stereocenters. The van der Waals surface area contributed by atoms with E-state index in [1.54, 1.807) is 41.3 Å². The maximum atomic E-state index is 12.6. The lowest BCUT2D eigenvalue weighted by molar-refractivity contribution is -0.117. The fourth-order valence-corrected chi connectivity index (χ4v) is 3.52. The summed E-state index contributed by atoms with van der Waals surface area (Å²) in [7, 11) is 0. The standard InChI is InChI=1S/C19H18Cl2N2O2/c1-12(16-8-7-14(20)11-17(16)21)22-19(25)13-4-2-5-15(10-13)23-9-3-6-18(23)24/h2,4-5,7-8,10-12H,3,6,9H2,1H3,(H,22,25)/t12-/m1/s1. The summed E-state index contributed by atoms with van der Waals surface area (Å²) in [6.45, 7) is 2.56. The second-order valence-electron chi connectivity index (χ2n) is 6.06. The van der Waals surface area contributed by atoms with Crippen LogP contribution in [0.2, 0.25) is 10.0 Å². The monoisotopic (exact) mass is 376 g/mol. The number of rotatable bonds is 4. The van der Waals surface area contributed by atoms with Crippen molar-refractivity contribution in [3.8, 4) is 0 Å². The van der Waals surface area contributed by atoms with Crippen LogP contribution in [0.5, 0.6) is 0 Å². The van der Waals surface area contributed by atoms with E-state index in [0.29, 0.717) is 28.6 Å². The summed E-state index contributed by atoms with van der Waals surface area (Å²) in [5.41, 5.74) is 2.06. The zero-order chi connectivity index (χ0) is 18.0. The second-order valence-corrected chi connectivity index (χ2v) is 6.90. The van der Waals surface area contributed by atoms with Crippen molar-refractivity contribution < 1.29 is 9.59 Å². The number of anilines is 1. The molecule has 4 nitrogen and oxygen atoms in total. The van der Waals surface area contributed by atoms with E-state index < -0.39 is 0 Å². The number of nitrogens with one attached hydrogen (secondary N) is 1. The largest absolute Gasteiger partial charge is 0.345 e. The van der Waals surface area contributed by atoms with Gasteiger partial charge in [-0.1, -0.05) is 35.3 Å². The molecule has 1 fully saturated rings. The fraction of sp³-hybridized carbons (Fsp3) is 0.263. The molecule has 0 bridgehead atoms. The van der Waals surface area contributed by atoms with Crippen molar-refractivity contribution in [2.45, 2.75) is 25.8 Å². The van der Waals surface area contributed by atoms with Crippen LogP contribution in [0.25, 0.3) is 0 Å². The highest BCUT2D eigenvalue weighted by molar-refractivity contribution is 6.35. The Labute approximate surface area is 156 Å². The molecule has 2 aromatic carbocycles. The van der Waals surface area contributed by atoms with Gasteiger partial charge in [0.2, 0.25) is 5.91 Å². The summed E-state index contributed by atoms with van der Waals surface area (Å²) in [5, 5.41) is 3.99. The van der Waals surface area contributed by atoms with E-state index in [-0.39, 0.29) is 17.9 Å². The van der Waals surface area contributed by atoms with Gasteiger partial charge in [-0.25, -0.2) is 0 Å². The molecule has 0 aromatic heterocycles. The topological polar surface area (TPSA) is 49.4 Å². The van der Waals surface area contributed by atoms with Crippen molar-refractivity contribution in [1.82, 2.24) is 5.32 Å². The summed E-state index contributed by atoms with van der Waals surface area (Å²) < 4.78 is 0. The van der Waals surface area contributed by atoms with E-state index in [9.17, 15) is 9.59 Å². The lowest BCUT2D eigenvalue weighted by atomic mass is 10.1. The number of halogens is 2. The molecule has 0 unspecified atom stereocenters. The third-order valence-electron chi connectivity index (χ3n) is 4.27. The Balaban J connectivity index is 1.76. The molecule has 0 aliphatic carbocycles. The highest BCUT2D eigenvalue weighted by atomic mass is 35.5. The zero-order valence-corrected chi connectivity index (χ0v) is 15.3. The Morgan fingerprint density at radius 1 is 1.20 bits per heavy atom. The quantitative estimate of drug-likeness (QED) is 0.846. The molecule has 2 amide bonds. The molecule has 1 N–H and O–H groups in total. The average Bonchev–Trinajstić information content (AvgIpc) is 3.01. The van der Waals surface area contributed by atoms with Gasteiger partial charge < -0.3 is 10.2 Å². The zero-order valence-electron chi connectivity index (χ0n) is 13.8. The molecule has 2 aromatic rings. The Bertz CT molecular complexity index is 823. The van der Waals surface area contributed by atoms with Gasteiger partial charge in [-0.05, 0) is 49.2 Å². The SMILES string of the molecule is C[C@@H](NC(=O)c1cccc(N2CCCC2=O)c1)c1ccc(Cl)cc1Cl. The van der Waals surface area contributed by atoms with Crippen LogP contribution in [0.4, 0.5) is 5.69 Å². The molecule has 0 spiro atoms. The first-order valence-electron chi connectivity index (χ1n) is 8.12. The van der Waals surface area contributed by atoms with Gasteiger partial charge in [-0.15, -0.1) is 0 Å². The van der Waals surface area contributed by atoms with Gasteiger partial charge in [0.1, 0.15) is 0 Å². The maximum absolute atomic E-state index is 12.6. The molecule has 1 aliphatic rings. The van der Waals surface area contributed by atoms with Crippen LogP contribution in [0.3, 0.4) is 0 Å². The van der Waals surface area contributed by atoms with E-state index in [4.69, 9.17) is 23.2 Å². The van der Waals surface area contributed by atoms with Crippen LogP contribution in [0, 0.1) is 0 Å². The van der Waals surface area contributed by atoms with Crippen LogP contribution in [-0.4, -0.2) is 18.4 Å². The van der Waals surface area contributed by atoms with Crippen LogP contribution < -0.4 is 10.2 Å². The smallest absolute Gasteiger partial charge is 0.251 e. The van der Waals surface area contributed by atoms with E-state index in [1.807, 2.05) is 13.0 Å². The Morgan fingerprint density at radius 3 is 2.68 bits per heavy atom. The Kier molecular flexibility index (Phi) is 5.30. The van der Waals surface area contributed by atoms with Crippen molar-refractivity contribution in [2.24, 2.45) is 0 Å². The number of nitrogens with zero attached hydrogens (tertiary/aromatic N) is 1. The van der Waals surface area contributed by atoms with Crippen LogP contribution >= 0.6 is 23.2 Å². The summed E-state index contributed by atoms with van der Waals surface area (Å²) >= 11 is 12.1. The number of benzene rings is 2. The lowest BCUT2D eigenvalue weighted by Crippen LogP contribution is -2.28. The minimum atomic E-state index is -0.269. The van der Waals surface area contributed by atoms with E-state index in [1.165, 1.54) is 0 Å². The van der Waals surface area contributed by atoms with Crippen molar-refractivity contribution in [1.29, 1.82) is 0 Å². The number of hydrogen-bond acceptors (Lipinski definition) is 2. The van der Waals surface area contributed by atoms with Gasteiger partial charge in [-0.3, -0.25) is 9.59 Å². The third-order valence-corrected chi connectivity index (χ3v) is 4.83. The molecule has 0 radical (unpaired) electrons. The highest BCUT2D eigenvalue weighted by Gasteiger charge is 2.22.